The van der Waals surface area contributed by atoms with Crippen molar-refractivity contribution < 1.29 is 0 Å². The lowest BCUT2D eigenvalue weighted by molar-refractivity contribution is 0.150. The molecule has 2 aromatic rings. The van der Waals surface area contributed by atoms with Crippen LogP contribution in [-0.2, 0) is 0 Å². The molecule has 2 aliphatic heterocycles. The zero-order chi connectivity index (χ0) is 17.8. The van der Waals surface area contributed by atoms with Crippen LogP contribution in [0.25, 0.3) is 0 Å². The monoisotopic (exact) mass is 352 g/mol. The van der Waals surface area contributed by atoms with E-state index >= 15 is 0 Å². The van der Waals surface area contributed by atoms with Gasteiger partial charge in [0.25, 0.3) is 0 Å². The molecule has 1 aromatic heterocycles. The van der Waals surface area contributed by atoms with Crippen molar-refractivity contribution in [1.29, 1.82) is 0 Å². The highest BCUT2D eigenvalue weighted by molar-refractivity contribution is 5.59. The lowest BCUT2D eigenvalue weighted by Crippen LogP contribution is -2.52. The van der Waals surface area contributed by atoms with Crippen molar-refractivity contribution in [2.75, 3.05) is 49.5 Å². The summed E-state index contributed by atoms with van der Waals surface area (Å²) in [5.74, 6) is 0.639. The van der Waals surface area contributed by atoms with E-state index in [-0.39, 0.29) is 0 Å². The van der Waals surface area contributed by atoms with Crippen LogP contribution in [0.15, 0.2) is 36.7 Å². The molecule has 2 N–H and O–H groups in total. The molecule has 4 rings (SSSR count). The van der Waals surface area contributed by atoms with E-state index in [2.05, 4.69) is 54.7 Å². The summed E-state index contributed by atoms with van der Waals surface area (Å²) in [6, 6.07) is 9.37. The minimum atomic E-state index is 0.639. The molecule has 2 saturated heterocycles. The van der Waals surface area contributed by atoms with Gasteiger partial charge in [0.1, 0.15) is 0 Å². The standard InChI is InChI=1S/C20H28N6/c1-16-14-22-20(23-15-16)24-17-2-4-18(5-3-17)25-10-6-19(7-11-25)26-12-8-21-9-13-26/h2-5,14-15,19,21H,6-13H2,1H3,(H,22,23,24). The first-order chi connectivity index (χ1) is 12.8. The Kier molecular flexibility index (Phi) is 5.32. The summed E-state index contributed by atoms with van der Waals surface area (Å²) in [7, 11) is 0. The molecule has 0 saturated carbocycles. The highest BCUT2D eigenvalue weighted by Crippen LogP contribution is 2.25. The number of hydrogen-bond acceptors (Lipinski definition) is 6. The summed E-state index contributed by atoms with van der Waals surface area (Å²) in [5.41, 5.74) is 3.39. The summed E-state index contributed by atoms with van der Waals surface area (Å²) < 4.78 is 0. The van der Waals surface area contributed by atoms with Crippen LogP contribution in [0.3, 0.4) is 0 Å². The first kappa shape index (κ1) is 17.2. The van der Waals surface area contributed by atoms with E-state index in [4.69, 9.17) is 0 Å². The fourth-order valence-corrected chi connectivity index (χ4v) is 3.88. The Morgan fingerprint density at radius 2 is 1.62 bits per heavy atom. The molecule has 0 radical (unpaired) electrons. The molecule has 6 heteroatoms. The van der Waals surface area contributed by atoms with Gasteiger partial charge in [0.2, 0.25) is 5.95 Å². The number of hydrogen-bond donors (Lipinski definition) is 2. The largest absolute Gasteiger partial charge is 0.371 e. The van der Waals surface area contributed by atoms with Gasteiger partial charge in [-0.25, -0.2) is 9.97 Å². The molecule has 0 atom stereocenters. The number of aryl methyl sites for hydroxylation is 1. The second-order valence-corrected chi connectivity index (χ2v) is 7.26. The van der Waals surface area contributed by atoms with Crippen molar-refractivity contribution in [2.45, 2.75) is 25.8 Å². The zero-order valence-electron chi connectivity index (χ0n) is 15.5. The van der Waals surface area contributed by atoms with Gasteiger partial charge in [-0.2, -0.15) is 0 Å². The summed E-state index contributed by atoms with van der Waals surface area (Å²) in [4.78, 5) is 13.8. The average molecular weight is 352 g/mol. The van der Waals surface area contributed by atoms with E-state index in [1.807, 2.05) is 19.3 Å². The number of piperidine rings is 1. The van der Waals surface area contributed by atoms with Crippen LogP contribution >= 0.6 is 0 Å². The molecule has 26 heavy (non-hydrogen) atoms. The highest BCUT2D eigenvalue weighted by Gasteiger charge is 2.25. The van der Waals surface area contributed by atoms with Crippen LogP contribution in [0, 0.1) is 6.92 Å². The summed E-state index contributed by atoms with van der Waals surface area (Å²) in [5, 5.41) is 6.70. The number of benzene rings is 1. The molecular weight excluding hydrogens is 324 g/mol. The van der Waals surface area contributed by atoms with E-state index in [0.29, 0.717) is 5.95 Å². The van der Waals surface area contributed by atoms with Crippen molar-refractivity contribution in [1.82, 2.24) is 20.2 Å². The lowest BCUT2D eigenvalue weighted by Gasteiger charge is -2.41. The van der Waals surface area contributed by atoms with Crippen molar-refractivity contribution in [3.8, 4) is 0 Å². The maximum Gasteiger partial charge on any atom is 0.227 e. The van der Waals surface area contributed by atoms with E-state index in [9.17, 15) is 0 Å². The molecule has 2 aliphatic rings. The average Bonchev–Trinajstić information content (AvgIpc) is 2.71. The molecule has 0 aliphatic carbocycles. The molecule has 0 spiro atoms. The SMILES string of the molecule is Cc1cnc(Nc2ccc(N3CCC(N4CCNCC4)CC3)cc2)nc1. The Hall–Kier alpha value is -2.18. The van der Waals surface area contributed by atoms with E-state index in [0.717, 1.165) is 43.5 Å². The zero-order valence-corrected chi connectivity index (χ0v) is 15.5. The number of nitrogens with one attached hydrogen (secondary N) is 2. The van der Waals surface area contributed by atoms with Crippen LogP contribution in [0.2, 0.25) is 0 Å². The molecule has 3 heterocycles. The normalized spacial score (nSPS) is 19.5. The summed E-state index contributed by atoms with van der Waals surface area (Å²) in [6.07, 6.45) is 6.17. The first-order valence-electron chi connectivity index (χ1n) is 9.63. The van der Waals surface area contributed by atoms with Crippen LogP contribution in [0.5, 0.6) is 0 Å². The first-order valence-corrected chi connectivity index (χ1v) is 9.63. The molecule has 0 amide bonds. The predicted octanol–water partition coefficient (Wildman–Crippen LogP) is 2.40. The van der Waals surface area contributed by atoms with Gasteiger partial charge in [0.15, 0.2) is 0 Å². The number of aromatic nitrogens is 2. The molecule has 2 fully saturated rings. The quantitative estimate of drug-likeness (QED) is 0.881. The van der Waals surface area contributed by atoms with Gasteiger partial charge in [-0.15, -0.1) is 0 Å². The fourth-order valence-electron chi connectivity index (χ4n) is 3.88. The maximum absolute atomic E-state index is 4.30. The fraction of sp³-hybridized carbons (Fsp3) is 0.500. The third-order valence-corrected chi connectivity index (χ3v) is 5.40. The van der Waals surface area contributed by atoms with Crippen molar-refractivity contribution >= 4 is 17.3 Å². The number of nitrogens with zero attached hydrogens (tertiary/aromatic N) is 4. The van der Waals surface area contributed by atoms with Crippen molar-refractivity contribution in [2.24, 2.45) is 0 Å². The van der Waals surface area contributed by atoms with E-state index in [1.165, 1.54) is 31.6 Å². The highest BCUT2D eigenvalue weighted by atomic mass is 15.2. The van der Waals surface area contributed by atoms with Crippen LogP contribution < -0.4 is 15.5 Å². The van der Waals surface area contributed by atoms with Gasteiger partial charge >= 0.3 is 0 Å². The lowest BCUT2D eigenvalue weighted by atomic mass is 10.0. The third kappa shape index (κ3) is 4.14. The molecule has 1 aromatic carbocycles. The number of rotatable bonds is 4. The Morgan fingerprint density at radius 1 is 0.962 bits per heavy atom. The van der Waals surface area contributed by atoms with Crippen LogP contribution in [0.1, 0.15) is 18.4 Å². The minimum Gasteiger partial charge on any atom is -0.371 e. The van der Waals surface area contributed by atoms with Crippen LogP contribution in [0.4, 0.5) is 17.3 Å². The molecule has 6 nitrogen and oxygen atoms in total. The Morgan fingerprint density at radius 3 is 2.27 bits per heavy atom. The van der Waals surface area contributed by atoms with Gasteiger partial charge in [-0.3, -0.25) is 4.90 Å². The third-order valence-electron chi connectivity index (χ3n) is 5.40. The van der Waals surface area contributed by atoms with Gasteiger partial charge in [0.05, 0.1) is 0 Å². The van der Waals surface area contributed by atoms with Gasteiger partial charge in [-0.1, -0.05) is 0 Å². The topological polar surface area (TPSA) is 56.3 Å². The Bertz CT molecular complexity index is 685. The minimum absolute atomic E-state index is 0.639. The van der Waals surface area contributed by atoms with Gasteiger partial charge in [-0.05, 0) is 49.6 Å². The summed E-state index contributed by atoms with van der Waals surface area (Å²) >= 11 is 0. The van der Waals surface area contributed by atoms with Crippen molar-refractivity contribution in [3.05, 3.63) is 42.2 Å². The Labute approximate surface area is 155 Å². The smallest absolute Gasteiger partial charge is 0.227 e. The molecular formula is C20H28N6. The van der Waals surface area contributed by atoms with E-state index in [1.54, 1.807) is 0 Å². The van der Waals surface area contributed by atoms with E-state index < -0.39 is 0 Å². The Balaban J connectivity index is 1.32. The second kappa shape index (κ2) is 8.01. The number of anilines is 3. The van der Waals surface area contributed by atoms with Gasteiger partial charge in [0, 0.05) is 69.1 Å². The molecule has 0 unspecified atom stereocenters. The van der Waals surface area contributed by atoms with Crippen molar-refractivity contribution in [3.63, 3.8) is 0 Å². The van der Waals surface area contributed by atoms with Crippen LogP contribution in [-0.4, -0.2) is 60.2 Å². The molecule has 138 valence electrons. The molecule has 0 bridgehead atoms. The maximum atomic E-state index is 4.30. The predicted molar refractivity (Wildman–Crippen MR) is 106 cm³/mol. The number of piperazine rings is 1. The van der Waals surface area contributed by atoms with Gasteiger partial charge < -0.3 is 15.5 Å². The summed E-state index contributed by atoms with van der Waals surface area (Å²) in [6.45, 7) is 8.95. The second-order valence-electron chi connectivity index (χ2n) is 7.26.